The zero-order valence-electron chi connectivity index (χ0n) is 15.1. The van der Waals surface area contributed by atoms with Crippen LogP contribution in [0.1, 0.15) is 30.5 Å². The average Bonchev–Trinajstić information content (AvgIpc) is 2.62. The number of aryl methyl sites for hydroxylation is 4. The molecule has 0 radical (unpaired) electrons. The molecular formula is C23H26N+. The Morgan fingerprint density at radius 1 is 0.792 bits per heavy atom. The summed E-state index contributed by atoms with van der Waals surface area (Å²) >= 11 is 0. The molecule has 1 aromatic heterocycles. The molecule has 0 unspecified atom stereocenters. The van der Waals surface area contributed by atoms with Gasteiger partial charge < -0.3 is 0 Å². The maximum Gasteiger partial charge on any atom is 0.212 e. The lowest BCUT2D eigenvalue weighted by Crippen LogP contribution is -2.30. The minimum atomic E-state index is 1.08. The van der Waals surface area contributed by atoms with Crippen molar-refractivity contribution < 1.29 is 4.57 Å². The maximum absolute atomic E-state index is 2.33. The van der Waals surface area contributed by atoms with Crippen molar-refractivity contribution in [3.63, 3.8) is 0 Å². The topological polar surface area (TPSA) is 3.88 Å². The van der Waals surface area contributed by atoms with E-state index in [1.54, 1.807) is 0 Å². The molecule has 0 aliphatic rings. The fourth-order valence-corrected chi connectivity index (χ4v) is 3.22. The van der Waals surface area contributed by atoms with Gasteiger partial charge in [-0.3, -0.25) is 0 Å². The van der Waals surface area contributed by atoms with E-state index < -0.39 is 0 Å². The van der Waals surface area contributed by atoms with Gasteiger partial charge in [0, 0.05) is 17.7 Å². The summed E-state index contributed by atoms with van der Waals surface area (Å²) in [6, 6.07) is 20.2. The van der Waals surface area contributed by atoms with E-state index in [1.165, 1.54) is 39.1 Å². The highest BCUT2D eigenvalue weighted by atomic mass is 14.9. The van der Waals surface area contributed by atoms with Gasteiger partial charge in [-0.25, -0.2) is 4.57 Å². The van der Waals surface area contributed by atoms with Crippen LogP contribution in [-0.4, -0.2) is 0 Å². The first-order valence-corrected chi connectivity index (χ1v) is 8.81. The predicted molar refractivity (Wildman–Crippen MR) is 102 cm³/mol. The van der Waals surface area contributed by atoms with Crippen LogP contribution in [-0.2, 0) is 19.9 Å². The van der Waals surface area contributed by atoms with Crippen molar-refractivity contribution in [1.82, 2.24) is 0 Å². The van der Waals surface area contributed by atoms with Crippen LogP contribution < -0.4 is 4.57 Å². The summed E-state index contributed by atoms with van der Waals surface area (Å²) in [6.07, 6.45) is 4.26. The minimum absolute atomic E-state index is 1.08. The Balaban J connectivity index is 2.14. The molecule has 24 heavy (non-hydrogen) atoms. The van der Waals surface area contributed by atoms with Crippen LogP contribution in [0.2, 0.25) is 0 Å². The third-order valence-electron chi connectivity index (χ3n) is 4.77. The SMILES string of the molecule is CCc1cc(CC)cc(-c2ccc(C)c(-c3cccc[n+]3C)c2)c1. The highest BCUT2D eigenvalue weighted by Gasteiger charge is 2.13. The smallest absolute Gasteiger partial charge is 0.201 e. The Morgan fingerprint density at radius 2 is 1.50 bits per heavy atom. The lowest BCUT2D eigenvalue weighted by atomic mass is 9.94. The van der Waals surface area contributed by atoms with Crippen LogP contribution in [0, 0.1) is 6.92 Å². The molecule has 122 valence electrons. The second-order valence-electron chi connectivity index (χ2n) is 6.47. The van der Waals surface area contributed by atoms with Crippen LogP contribution in [0.3, 0.4) is 0 Å². The van der Waals surface area contributed by atoms with Gasteiger partial charge in [-0.2, -0.15) is 0 Å². The van der Waals surface area contributed by atoms with E-state index in [0.717, 1.165) is 12.8 Å². The van der Waals surface area contributed by atoms with Crippen molar-refractivity contribution in [3.05, 3.63) is 77.5 Å². The van der Waals surface area contributed by atoms with Gasteiger partial charge in [0.05, 0.1) is 0 Å². The molecule has 1 heterocycles. The molecule has 0 spiro atoms. The lowest BCUT2D eigenvalue weighted by Gasteiger charge is -2.11. The van der Waals surface area contributed by atoms with Gasteiger partial charge in [0.15, 0.2) is 6.20 Å². The van der Waals surface area contributed by atoms with Crippen molar-refractivity contribution in [1.29, 1.82) is 0 Å². The van der Waals surface area contributed by atoms with E-state index in [2.05, 4.69) is 93.2 Å². The largest absolute Gasteiger partial charge is 0.212 e. The fourth-order valence-electron chi connectivity index (χ4n) is 3.22. The second kappa shape index (κ2) is 7.00. The Hall–Kier alpha value is -2.41. The van der Waals surface area contributed by atoms with Crippen molar-refractivity contribution in [2.45, 2.75) is 33.6 Å². The molecule has 0 saturated carbocycles. The van der Waals surface area contributed by atoms with Gasteiger partial charge in [-0.1, -0.05) is 44.2 Å². The van der Waals surface area contributed by atoms with E-state index in [-0.39, 0.29) is 0 Å². The molecule has 1 nitrogen and oxygen atoms in total. The highest BCUT2D eigenvalue weighted by Crippen LogP contribution is 2.29. The number of hydrogen-bond donors (Lipinski definition) is 0. The summed E-state index contributed by atoms with van der Waals surface area (Å²) < 4.78 is 2.19. The third kappa shape index (κ3) is 3.26. The first kappa shape index (κ1) is 16.4. The molecule has 0 saturated heterocycles. The first-order chi connectivity index (χ1) is 11.6. The Kier molecular flexibility index (Phi) is 4.80. The number of aromatic nitrogens is 1. The molecule has 0 aliphatic carbocycles. The quantitative estimate of drug-likeness (QED) is 0.577. The molecule has 0 bridgehead atoms. The Labute approximate surface area is 145 Å². The van der Waals surface area contributed by atoms with Crippen molar-refractivity contribution in [2.24, 2.45) is 7.05 Å². The first-order valence-electron chi connectivity index (χ1n) is 8.81. The molecule has 3 aromatic rings. The summed E-state index contributed by atoms with van der Waals surface area (Å²) in [5.74, 6) is 0. The number of rotatable bonds is 4. The van der Waals surface area contributed by atoms with E-state index in [9.17, 15) is 0 Å². The Morgan fingerprint density at radius 3 is 2.12 bits per heavy atom. The predicted octanol–water partition coefficient (Wildman–Crippen LogP) is 5.28. The van der Waals surface area contributed by atoms with E-state index in [0.29, 0.717) is 0 Å². The molecule has 0 amide bonds. The molecule has 0 fully saturated rings. The molecule has 3 rings (SSSR count). The summed E-state index contributed by atoms with van der Waals surface area (Å²) in [5, 5.41) is 0. The van der Waals surface area contributed by atoms with E-state index >= 15 is 0 Å². The van der Waals surface area contributed by atoms with Gasteiger partial charge in [-0.05, 0) is 59.7 Å². The third-order valence-corrected chi connectivity index (χ3v) is 4.77. The van der Waals surface area contributed by atoms with Crippen LogP contribution in [0.25, 0.3) is 22.4 Å². The van der Waals surface area contributed by atoms with Crippen molar-refractivity contribution >= 4 is 0 Å². The maximum atomic E-state index is 2.33. The summed E-state index contributed by atoms with van der Waals surface area (Å²) in [5.41, 5.74) is 9.31. The number of benzene rings is 2. The fraction of sp³-hybridized carbons (Fsp3) is 0.261. The van der Waals surface area contributed by atoms with Gasteiger partial charge in [0.1, 0.15) is 7.05 Å². The minimum Gasteiger partial charge on any atom is -0.201 e. The van der Waals surface area contributed by atoms with Gasteiger partial charge in [0.25, 0.3) is 0 Å². The monoisotopic (exact) mass is 316 g/mol. The van der Waals surface area contributed by atoms with Crippen LogP contribution in [0.5, 0.6) is 0 Å². The summed E-state index contributed by atoms with van der Waals surface area (Å²) in [6.45, 7) is 6.64. The number of pyridine rings is 1. The van der Waals surface area contributed by atoms with Gasteiger partial charge >= 0.3 is 0 Å². The molecular weight excluding hydrogens is 290 g/mol. The summed E-state index contributed by atoms with van der Waals surface area (Å²) in [7, 11) is 2.11. The van der Waals surface area contributed by atoms with Crippen molar-refractivity contribution in [3.8, 4) is 22.4 Å². The Bertz CT molecular complexity index is 839. The van der Waals surface area contributed by atoms with E-state index in [1.807, 2.05) is 0 Å². The zero-order chi connectivity index (χ0) is 17.1. The van der Waals surface area contributed by atoms with Gasteiger partial charge in [-0.15, -0.1) is 0 Å². The second-order valence-corrected chi connectivity index (χ2v) is 6.47. The molecule has 0 aliphatic heterocycles. The number of hydrogen-bond acceptors (Lipinski definition) is 0. The molecule has 1 heteroatoms. The van der Waals surface area contributed by atoms with E-state index in [4.69, 9.17) is 0 Å². The lowest BCUT2D eigenvalue weighted by molar-refractivity contribution is -0.660. The van der Waals surface area contributed by atoms with Gasteiger partial charge in [0.2, 0.25) is 5.69 Å². The average molecular weight is 316 g/mol. The normalized spacial score (nSPS) is 10.8. The number of nitrogens with zero attached hydrogens (tertiary/aromatic N) is 1. The van der Waals surface area contributed by atoms with Crippen molar-refractivity contribution in [2.75, 3.05) is 0 Å². The highest BCUT2D eigenvalue weighted by molar-refractivity contribution is 5.73. The zero-order valence-corrected chi connectivity index (χ0v) is 15.1. The molecule has 0 atom stereocenters. The molecule has 0 N–H and O–H groups in total. The summed E-state index contributed by atoms with van der Waals surface area (Å²) in [4.78, 5) is 0. The van der Waals surface area contributed by atoms with Crippen LogP contribution in [0.4, 0.5) is 0 Å². The van der Waals surface area contributed by atoms with Crippen LogP contribution in [0.15, 0.2) is 60.8 Å². The molecule has 2 aromatic carbocycles. The standard InChI is InChI=1S/C23H26N/c1-5-18-13-19(6-2)15-21(14-18)20-11-10-17(3)22(16-20)23-9-7-8-12-24(23)4/h7-16H,5-6H2,1-4H3/q+1. The van der Waals surface area contributed by atoms with Crippen LogP contribution >= 0.6 is 0 Å².